The molecule has 0 aliphatic heterocycles. The Hall–Kier alpha value is -1.44. The molecule has 0 aliphatic rings. The van der Waals surface area contributed by atoms with E-state index in [9.17, 15) is 12.8 Å². The predicted molar refractivity (Wildman–Crippen MR) is 73.8 cm³/mol. The first-order valence-corrected chi connectivity index (χ1v) is 7.77. The summed E-state index contributed by atoms with van der Waals surface area (Å²) in [7, 11) is -2.25. The number of nitrogens with two attached hydrogens (primary N) is 1. The largest absolute Gasteiger partial charge is 0.396 e. The highest BCUT2D eigenvalue weighted by Gasteiger charge is 2.22. The molecule has 0 radical (unpaired) electrons. The van der Waals surface area contributed by atoms with Gasteiger partial charge >= 0.3 is 0 Å². The van der Waals surface area contributed by atoms with Gasteiger partial charge in [0.25, 0.3) is 0 Å². The maximum Gasteiger partial charge on any atom is 0.243 e. The van der Waals surface area contributed by atoms with Gasteiger partial charge in [-0.3, -0.25) is 0 Å². The van der Waals surface area contributed by atoms with Crippen molar-refractivity contribution in [1.82, 2.24) is 4.31 Å². The van der Waals surface area contributed by atoms with Gasteiger partial charge in [-0.15, -0.1) is 11.3 Å². The summed E-state index contributed by atoms with van der Waals surface area (Å²) in [6.07, 6.45) is 0. The van der Waals surface area contributed by atoms with Crippen LogP contribution in [0.2, 0.25) is 0 Å². The van der Waals surface area contributed by atoms with Crippen LogP contribution in [-0.2, 0) is 16.6 Å². The summed E-state index contributed by atoms with van der Waals surface area (Å²) < 4.78 is 39.0. The van der Waals surface area contributed by atoms with Crippen LogP contribution in [-0.4, -0.2) is 19.8 Å². The van der Waals surface area contributed by atoms with E-state index in [0.717, 1.165) is 10.9 Å². The number of nitrogen functional groups attached to an aromatic ring is 1. The topological polar surface area (TPSA) is 63.4 Å². The van der Waals surface area contributed by atoms with E-state index in [1.807, 2.05) is 17.5 Å². The number of anilines is 1. The number of sulfonamides is 1. The molecular weight excluding hydrogens is 287 g/mol. The molecule has 0 unspecified atom stereocenters. The molecule has 7 heteroatoms. The summed E-state index contributed by atoms with van der Waals surface area (Å²) in [5, 5.41) is 1.87. The number of hydrogen-bond acceptors (Lipinski definition) is 4. The van der Waals surface area contributed by atoms with E-state index in [2.05, 4.69) is 0 Å². The number of thiophene rings is 1. The highest BCUT2D eigenvalue weighted by molar-refractivity contribution is 7.89. The van der Waals surface area contributed by atoms with E-state index in [1.165, 1.54) is 34.8 Å². The van der Waals surface area contributed by atoms with Crippen molar-refractivity contribution >= 4 is 27.0 Å². The quantitative estimate of drug-likeness (QED) is 0.881. The Morgan fingerprint density at radius 1 is 1.37 bits per heavy atom. The van der Waals surface area contributed by atoms with Gasteiger partial charge in [0.2, 0.25) is 10.0 Å². The van der Waals surface area contributed by atoms with Crippen molar-refractivity contribution in [3.05, 3.63) is 46.4 Å². The summed E-state index contributed by atoms with van der Waals surface area (Å²) in [6, 6.07) is 7.19. The summed E-state index contributed by atoms with van der Waals surface area (Å²) >= 11 is 1.47. The number of hydrogen-bond donors (Lipinski definition) is 1. The fourth-order valence-corrected chi connectivity index (χ4v) is 3.56. The molecule has 2 rings (SSSR count). The molecule has 19 heavy (non-hydrogen) atoms. The molecule has 0 spiro atoms. The number of benzene rings is 1. The molecule has 1 heterocycles. The lowest BCUT2D eigenvalue weighted by molar-refractivity contribution is 0.469. The fourth-order valence-electron chi connectivity index (χ4n) is 1.56. The van der Waals surface area contributed by atoms with Gasteiger partial charge in [0, 0.05) is 18.5 Å². The van der Waals surface area contributed by atoms with Crippen molar-refractivity contribution in [3.63, 3.8) is 0 Å². The van der Waals surface area contributed by atoms with Crippen LogP contribution < -0.4 is 5.73 Å². The first kappa shape index (κ1) is 14.0. The summed E-state index contributed by atoms with van der Waals surface area (Å²) in [4.78, 5) is 0.820. The lowest BCUT2D eigenvalue weighted by atomic mass is 10.3. The second-order valence-electron chi connectivity index (χ2n) is 4.02. The zero-order valence-electron chi connectivity index (χ0n) is 10.2. The van der Waals surface area contributed by atoms with Gasteiger partial charge in [0.05, 0.1) is 10.6 Å². The highest BCUT2D eigenvalue weighted by Crippen LogP contribution is 2.21. The van der Waals surface area contributed by atoms with E-state index in [0.29, 0.717) is 0 Å². The smallest absolute Gasteiger partial charge is 0.243 e. The van der Waals surface area contributed by atoms with Crippen LogP contribution in [0, 0.1) is 5.82 Å². The Morgan fingerprint density at radius 2 is 2.11 bits per heavy atom. The zero-order valence-corrected chi connectivity index (χ0v) is 11.8. The molecular formula is C12H13FN2O2S2. The second kappa shape index (κ2) is 5.28. The number of nitrogens with zero attached hydrogens (tertiary/aromatic N) is 1. The molecule has 0 saturated carbocycles. The van der Waals surface area contributed by atoms with Crippen molar-refractivity contribution in [2.45, 2.75) is 11.4 Å². The van der Waals surface area contributed by atoms with Crippen LogP contribution >= 0.6 is 11.3 Å². The lowest BCUT2D eigenvalue weighted by Crippen LogP contribution is -2.26. The zero-order chi connectivity index (χ0) is 14.0. The Labute approximate surface area is 115 Å². The van der Waals surface area contributed by atoms with Gasteiger partial charge in [-0.05, 0) is 29.6 Å². The van der Waals surface area contributed by atoms with Gasteiger partial charge < -0.3 is 5.73 Å². The lowest BCUT2D eigenvalue weighted by Gasteiger charge is -2.16. The Morgan fingerprint density at radius 3 is 2.68 bits per heavy atom. The third kappa shape index (κ3) is 2.94. The van der Waals surface area contributed by atoms with E-state index < -0.39 is 15.8 Å². The molecule has 0 saturated heterocycles. The Bertz CT molecular complexity index is 669. The van der Waals surface area contributed by atoms with Gasteiger partial charge in [-0.25, -0.2) is 12.8 Å². The van der Waals surface area contributed by atoms with Crippen molar-refractivity contribution in [3.8, 4) is 0 Å². The van der Waals surface area contributed by atoms with E-state index in [4.69, 9.17) is 5.73 Å². The molecule has 0 aliphatic carbocycles. The predicted octanol–water partition coefficient (Wildman–Crippen LogP) is 2.29. The van der Waals surface area contributed by atoms with E-state index >= 15 is 0 Å². The molecule has 0 atom stereocenters. The van der Waals surface area contributed by atoms with Gasteiger partial charge in [0.15, 0.2) is 0 Å². The SMILES string of the molecule is CN(Cc1cccs1)S(=O)(=O)c1ccc(N)c(F)c1. The molecule has 102 valence electrons. The van der Waals surface area contributed by atoms with Crippen LogP contribution in [0.1, 0.15) is 4.88 Å². The number of rotatable bonds is 4. The van der Waals surface area contributed by atoms with Crippen molar-refractivity contribution < 1.29 is 12.8 Å². The standard InChI is InChI=1S/C12H13FN2O2S2/c1-15(8-9-3-2-6-18-9)19(16,17)10-4-5-12(14)11(13)7-10/h2-7H,8,14H2,1H3. The Balaban J connectivity index is 2.28. The monoisotopic (exact) mass is 300 g/mol. The van der Waals surface area contributed by atoms with E-state index in [1.54, 1.807) is 0 Å². The molecule has 0 amide bonds. The minimum atomic E-state index is -3.71. The Kier molecular flexibility index (Phi) is 3.88. The minimum absolute atomic E-state index is 0.0696. The van der Waals surface area contributed by atoms with Gasteiger partial charge in [-0.1, -0.05) is 6.07 Å². The van der Waals surface area contributed by atoms with Crippen molar-refractivity contribution in [1.29, 1.82) is 0 Å². The third-order valence-corrected chi connectivity index (χ3v) is 5.30. The van der Waals surface area contributed by atoms with Gasteiger partial charge in [-0.2, -0.15) is 4.31 Å². The molecule has 2 aromatic rings. The molecule has 0 bridgehead atoms. The third-order valence-electron chi connectivity index (χ3n) is 2.64. The van der Waals surface area contributed by atoms with Crippen LogP contribution in [0.5, 0.6) is 0 Å². The fraction of sp³-hybridized carbons (Fsp3) is 0.167. The average Bonchev–Trinajstić information content (AvgIpc) is 2.85. The number of halogens is 1. The maximum absolute atomic E-state index is 13.3. The van der Waals surface area contributed by atoms with Crippen LogP contribution in [0.4, 0.5) is 10.1 Å². The van der Waals surface area contributed by atoms with Crippen molar-refractivity contribution in [2.24, 2.45) is 0 Å². The first-order valence-electron chi connectivity index (χ1n) is 5.45. The van der Waals surface area contributed by atoms with Crippen molar-refractivity contribution in [2.75, 3.05) is 12.8 Å². The van der Waals surface area contributed by atoms with E-state index in [-0.39, 0.29) is 17.1 Å². The molecule has 0 fully saturated rings. The summed E-state index contributed by atoms with van der Waals surface area (Å²) in [5.74, 6) is -0.731. The van der Waals surface area contributed by atoms with Crippen LogP contribution in [0.15, 0.2) is 40.6 Å². The average molecular weight is 300 g/mol. The molecule has 1 aromatic heterocycles. The van der Waals surface area contributed by atoms with Gasteiger partial charge in [0.1, 0.15) is 5.82 Å². The molecule has 4 nitrogen and oxygen atoms in total. The minimum Gasteiger partial charge on any atom is -0.396 e. The molecule has 1 aromatic carbocycles. The summed E-state index contributed by atoms with van der Waals surface area (Å²) in [6.45, 7) is 0.256. The normalized spacial score (nSPS) is 11.9. The first-order chi connectivity index (χ1) is 8.91. The maximum atomic E-state index is 13.3. The van der Waals surface area contributed by atoms with Crippen LogP contribution in [0.25, 0.3) is 0 Å². The molecule has 2 N–H and O–H groups in total. The second-order valence-corrected chi connectivity index (χ2v) is 7.10. The highest BCUT2D eigenvalue weighted by atomic mass is 32.2. The van der Waals surface area contributed by atoms with Crippen LogP contribution in [0.3, 0.4) is 0 Å². The summed E-state index contributed by atoms with van der Waals surface area (Å²) in [5.41, 5.74) is 5.27.